The first-order chi connectivity index (χ1) is 9.02. The highest BCUT2D eigenvalue weighted by Crippen LogP contribution is 2.19. The van der Waals surface area contributed by atoms with Crippen LogP contribution in [0.15, 0.2) is 6.07 Å². The van der Waals surface area contributed by atoms with E-state index in [1.807, 2.05) is 6.92 Å². The second kappa shape index (κ2) is 5.42. The number of hydrogen-bond acceptors (Lipinski definition) is 3. The number of carbonyl (C=O) groups is 2. The van der Waals surface area contributed by atoms with E-state index in [2.05, 4.69) is 5.10 Å². The Kier molecular flexibility index (Phi) is 3.87. The molecular formula is C13H19N3O3. The van der Waals surface area contributed by atoms with E-state index >= 15 is 0 Å². The predicted molar refractivity (Wildman–Crippen MR) is 68.8 cm³/mol. The molecule has 19 heavy (non-hydrogen) atoms. The minimum Gasteiger partial charge on any atom is -0.481 e. The third-order valence-electron chi connectivity index (χ3n) is 3.57. The first kappa shape index (κ1) is 13.6. The number of aryl methyl sites for hydroxylation is 2. The monoisotopic (exact) mass is 265 g/mol. The molecule has 1 aromatic heterocycles. The Morgan fingerprint density at radius 3 is 2.84 bits per heavy atom. The molecule has 2 heterocycles. The topological polar surface area (TPSA) is 75.4 Å². The van der Waals surface area contributed by atoms with Crippen LogP contribution < -0.4 is 0 Å². The van der Waals surface area contributed by atoms with Crippen LogP contribution in [-0.2, 0) is 18.3 Å². The molecular weight excluding hydrogens is 246 g/mol. The molecule has 0 bridgehead atoms. The maximum atomic E-state index is 12.4. The van der Waals surface area contributed by atoms with Gasteiger partial charge in [-0.3, -0.25) is 14.3 Å². The van der Waals surface area contributed by atoms with Crippen molar-refractivity contribution < 1.29 is 14.7 Å². The van der Waals surface area contributed by atoms with Crippen molar-refractivity contribution in [2.45, 2.75) is 26.2 Å². The maximum Gasteiger partial charge on any atom is 0.308 e. The number of aromatic nitrogens is 2. The Labute approximate surface area is 112 Å². The summed E-state index contributed by atoms with van der Waals surface area (Å²) in [5.41, 5.74) is 1.40. The fraction of sp³-hybridized carbons (Fsp3) is 0.615. The van der Waals surface area contributed by atoms with Crippen molar-refractivity contribution in [3.8, 4) is 0 Å². The van der Waals surface area contributed by atoms with Crippen LogP contribution in [0.4, 0.5) is 0 Å². The molecule has 1 atom stereocenters. The summed E-state index contributed by atoms with van der Waals surface area (Å²) >= 11 is 0. The molecule has 1 amide bonds. The minimum atomic E-state index is -0.822. The molecule has 1 saturated heterocycles. The zero-order valence-corrected chi connectivity index (χ0v) is 11.3. The number of likely N-dealkylation sites (tertiary alicyclic amines) is 1. The molecule has 1 aromatic rings. The van der Waals surface area contributed by atoms with Crippen LogP contribution in [0.5, 0.6) is 0 Å². The van der Waals surface area contributed by atoms with Gasteiger partial charge < -0.3 is 10.0 Å². The fourth-order valence-corrected chi connectivity index (χ4v) is 2.42. The second-order valence-electron chi connectivity index (χ2n) is 4.93. The van der Waals surface area contributed by atoms with Gasteiger partial charge in [-0.25, -0.2) is 0 Å². The van der Waals surface area contributed by atoms with E-state index in [0.29, 0.717) is 25.2 Å². The number of carboxylic acids is 1. The SMILES string of the molecule is CCc1cc(C(=O)N2CCCC(C(=O)O)C2)n(C)n1. The summed E-state index contributed by atoms with van der Waals surface area (Å²) in [6.45, 7) is 2.90. The van der Waals surface area contributed by atoms with Gasteiger partial charge in [0.05, 0.1) is 11.6 Å². The van der Waals surface area contributed by atoms with Crippen LogP contribution in [0.1, 0.15) is 35.9 Å². The lowest BCUT2D eigenvalue weighted by Crippen LogP contribution is -2.42. The van der Waals surface area contributed by atoms with Gasteiger partial charge >= 0.3 is 5.97 Å². The van der Waals surface area contributed by atoms with Gasteiger partial charge in [0.15, 0.2) is 0 Å². The van der Waals surface area contributed by atoms with Crippen molar-refractivity contribution >= 4 is 11.9 Å². The van der Waals surface area contributed by atoms with Crippen LogP contribution in [-0.4, -0.2) is 44.8 Å². The molecule has 0 saturated carbocycles. The van der Waals surface area contributed by atoms with Gasteiger partial charge in [0.2, 0.25) is 0 Å². The van der Waals surface area contributed by atoms with Crippen molar-refractivity contribution in [3.05, 3.63) is 17.5 Å². The average Bonchev–Trinajstić information content (AvgIpc) is 2.79. The van der Waals surface area contributed by atoms with Crippen LogP contribution in [0.3, 0.4) is 0 Å². The first-order valence-corrected chi connectivity index (χ1v) is 6.58. The number of carbonyl (C=O) groups excluding carboxylic acids is 1. The lowest BCUT2D eigenvalue weighted by Gasteiger charge is -2.30. The summed E-state index contributed by atoms with van der Waals surface area (Å²) in [5.74, 6) is -1.39. The standard InChI is InChI=1S/C13H19N3O3/c1-3-10-7-11(15(2)14-10)12(17)16-6-4-5-9(8-16)13(18)19/h7,9H,3-6,8H2,1-2H3,(H,18,19). The number of amides is 1. The number of piperidine rings is 1. The number of hydrogen-bond donors (Lipinski definition) is 1. The highest BCUT2D eigenvalue weighted by molar-refractivity contribution is 5.93. The van der Waals surface area contributed by atoms with Crippen LogP contribution in [0.2, 0.25) is 0 Å². The second-order valence-corrected chi connectivity index (χ2v) is 4.93. The summed E-state index contributed by atoms with van der Waals surface area (Å²) < 4.78 is 1.57. The van der Waals surface area contributed by atoms with Crippen molar-refractivity contribution in [1.29, 1.82) is 0 Å². The van der Waals surface area contributed by atoms with Gasteiger partial charge in [-0.05, 0) is 25.3 Å². The van der Waals surface area contributed by atoms with Gasteiger partial charge in [-0.2, -0.15) is 5.10 Å². The van der Waals surface area contributed by atoms with Crippen molar-refractivity contribution in [1.82, 2.24) is 14.7 Å². The number of carboxylic acid groups (broad SMARTS) is 1. The van der Waals surface area contributed by atoms with E-state index in [4.69, 9.17) is 5.11 Å². The Balaban J connectivity index is 2.14. The molecule has 0 aromatic carbocycles. The van der Waals surface area contributed by atoms with E-state index in [0.717, 1.165) is 18.5 Å². The summed E-state index contributed by atoms with van der Waals surface area (Å²) in [7, 11) is 1.74. The van der Waals surface area contributed by atoms with Crippen molar-refractivity contribution in [2.75, 3.05) is 13.1 Å². The van der Waals surface area contributed by atoms with Gasteiger partial charge in [-0.15, -0.1) is 0 Å². The summed E-state index contributed by atoms with van der Waals surface area (Å²) in [6, 6.07) is 1.78. The molecule has 1 aliphatic rings. The minimum absolute atomic E-state index is 0.124. The zero-order valence-electron chi connectivity index (χ0n) is 11.3. The number of rotatable bonds is 3. The molecule has 1 N–H and O–H groups in total. The quantitative estimate of drug-likeness (QED) is 0.881. The van der Waals surface area contributed by atoms with Gasteiger partial charge in [0.1, 0.15) is 5.69 Å². The van der Waals surface area contributed by atoms with Crippen molar-refractivity contribution in [3.63, 3.8) is 0 Å². The van der Waals surface area contributed by atoms with Gasteiger partial charge in [0, 0.05) is 20.1 Å². The maximum absolute atomic E-state index is 12.4. The first-order valence-electron chi connectivity index (χ1n) is 6.58. The average molecular weight is 265 g/mol. The van der Waals surface area contributed by atoms with Gasteiger partial charge in [0.25, 0.3) is 5.91 Å². The highest BCUT2D eigenvalue weighted by Gasteiger charge is 2.29. The van der Waals surface area contributed by atoms with Gasteiger partial charge in [-0.1, -0.05) is 6.92 Å². The smallest absolute Gasteiger partial charge is 0.308 e. The van der Waals surface area contributed by atoms with Crippen LogP contribution >= 0.6 is 0 Å². The molecule has 0 radical (unpaired) electrons. The highest BCUT2D eigenvalue weighted by atomic mass is 16.4. The normalized spacial score (nSPS) is 19.5. The molecule has 1 fully saturated rings. The molecule has 1 aliphatic heterocycles. The third kappa shape index (κ3) is 2.77. The lowest BCUT2D eigenvalue weighted by molar-refractivity contribution is -0.143. The van der Waals surface area contributed by atoms with Crippen LogP contribution in [0.25, 0.3) is 0 Å². The van der Waals surface area contributed by atoms with E-state index < -0.39 is 11.9 Å². The predicted octanol–water partition coefficient (Wildman–Crippen LogP) is 0.919. The van der Waals surface area contributed by atoms with Crippen LogP contribution in [0, 0.1) is 5.92 Å². The molecule has 104 valence electrons. The molecule has 6 heteroatoms. The molecule has 6 nitrogen and oxygen atoms in total. The largest absolute Gasteiger partial charge is 0.481 e. The summed E-state index contributed by atoms with van der Waals surface area (Å²) in [4.78, 5) is 25.0. The van der Waals surface area contributed by atoms with E-state index in [1.165, 1.54) is 0 Å². The molecule has 0 aliphatic carbocycles. The molecule has 0 spiro atoms. The molecule has 1 unspecified atom stereocenters. The lowest BCUT2D eigenvalue weighted by atomic mass is 9.98. The summed E-state index contributed by atoms with van der Waals surface area (Å²) in [6.07, 6.45) is 2.16. The van der Waals surface area contributed by atoms with E-state index in [9.17, 15) is 9.59 Å². The van der Waals surface area contributed by atoms with E-state index in [-0.39, 0.29) is 5.91 Å². The number of aliphatic carboxylic acids is 1. The summed E-state index contributed by atoms with van der Waals surface area (Å²) in [5, 5.41) is 13.3. The molecule has 2 rings (SSSR count). The van der Waals surface area contributed by atoms with Crippen molar-refractivity contribution in [2.24, 2.45) is 13.0 Å². The fourth-order valence-electron chi connectivity index (χ4n) is 2.42. The Hall–Kier alpha value is -1.85. The zero-order chi connectivity index (χ0) is 14.0. The Morgan fingerprint density at radius 1 is 1.53 bits per heavy atom. The van der Waals surface area contributed by atoms with E-state index in [1.54, 1.807) is 22.7 Å². The number of nitrogens with zero attached hydrogens (tertiary/aromatic N) is 3. The Bertz CT molecular complexity index is 495. The Morgan fingerprint density at radius 2 is 2.26 bits per heavy atom. The third-order valence-corrected chi connectivity index (χ3v) is 3.57.